The molecular formula is C13H14N4O2S. The first-order valence-electron chi connectivity index (χ1n) is 6.35. The molecule has 6 nitrogen and oxygen atoms in total. The zero-order valence-electron chi connectivity index (χ0n) is 11.0. The summed E-state index contributed by atoms with van der Waals surface area (Å²) in [4.78, 5) is 17.9. The van der Waals surface area contributed by atoms with Crippen molar-refractivity contribution in [3.63, 3.8) is 0 Å². The number of carbonyl (C=O) groups excluding carboxylic acids is 1. The second-order valence-corrected chi connectivity index (χ2v) is 5.55. The maximum atomic E-state index is 12.3. The van der Waals surface area contributed by atoms with Gasteiger partial charge in [0.1, 0.15) is 0 Å². The van der Waals surface area contributed by atoms with Gasteiger partial charge in [-0.05, 0) is 18.6 Å². The van der Waals surface area contributed by atoms with E-state index in [1.54, 1.807) is 24.3 Å². The van der Waals surface area contributed by atoms with Crippen molar-refractivity contribution in [2.24, 2.45) is 5.92 Å². The highest BCUT2D eigenvalue weighted by atomic mass is 32.1. The van der Waals surface area contributed by atoms with Gasteiger partial charge < -0.3 is 4.74 Å². The van der Waals surface area contributed by atoms with Crippen LogP contribution in [0.25, 0.3) is 10.6 Å². The zero-order valence-corrected chi connectivity index (χ0v) is 11.8. The van der Waals surface area contributed by atoms with Crippen molar-refractivity contribution >= 4 is 22.4 Å². The second kappa shape index (κ2) is 5.64. The van der Waals surface area contributed by atoms with Gasteiger partial charge in [-0.3, -0.25) is 14.7 Å². The molecular weight excluding hydrogens is 276 g/mol. The van der Waals surface area contributed by atoms with Gasteiger partial charge in [-0.15, -0.1) is 10.2 Å². The molecule has 0 radical (unpaired) electrons. The Morgan fingerprint density at radius 2 is 2.40 bits per heavy atom. The van der Waals surface area contributed by atoms with E-state index < -0.39 is 0 Å². The summed E-state index contributed by atoms with van der Waals surface area (Å²) in [7, 11) is 1.73. The van der Waals surface area contributed by atoms with Crippen LogP contribution in [0.15, 0.2) is 24.5 Å². The zero-order chi connectivity index (χ0) is 13.9. The maximum Gasteiger partial charge on any atom is 0.234 e. The van der Waals surface area contributed by atoms with Gasteiger partial charge in [-0.1, -0.05) is 11.3 Å². The van der Waals surface area contributed by atoms with Crippen molar-refractivity contribution in [2.45, 2.75) is 6.42 Å². The van der Waals surface area contributed by atoms with Crippen molar-refractivity contribution in [2.75, 3.05) is 25.2 Å². The van der Waals surface area contributed by atoms with Crippen LogP contribution < -0.4 is 4.90 Å². The Kier molecular flexibility index (Phi) is 3.70. The highest BCUT2D eigenvalue weighted by molar-refractivity contribution is 7.18. The number of aromatic nitrogens is 3. The maximum absolute atomic E-state index is 12.3. The molecule has 0 spiro atoms. The Balaban J connectivity index is 1.77. The van der Waals surface area contributed by atoms with Crippen LogP contribution >= 0.6 is 11.3 Å². The topological polar surface area (TPSA) is 68.2 Å². The molecule has 2 aromatic rings. The van der Waals surface area contributed by atoms with Crippen LogP contribution in [0.1, 0.15) is 6.42 Å². The first-order valence-corrected chi connectivity index (χ1v) is 7.16. The second-order valence-electron chi connectivity index (χ2n) is 4.59. The fraction of sp³-hybridized carbons (Fsp3) is 0.385. The molecule has 7 heteroatoms. The average molecular weight is 290 g/mol. The summed E-state index contributed by atoms with van der Waals surface area (Å²) in [5.41, 5.74) is 0.904. The minimum Gasteiger partial charge on any atom is -0.381 e. The summed E-state index contributed by atoms with van der Waals surface area (Å²) < 4.78 is 5.25. The van der Waals surface area contributed by atoms with E-state index >= 15 is 0 Å². The Morgan fingerprint density at radius 3 is 3.10 bits per heavy atom. The van der Waals surface area contributed by atoms with E-state index in [9.17, 15) is 4.79 Å². The highest BCUT2D eigenvalue weighted by Crippen LogP contribution is 2.28. The van der Waals surface area contributed by atoms with E-state index in [1.807, 2.05) is 12.1 Å². The van der Waals surface area contributed by atoms with Crippen molar-refractivity contribution in [3.8, 4) is 10.6 Å². The molecule has 1 saturated heterocycles. The van der Waals surface area contributed by atoms with Gasteiger partial charge in [0.25, 0.3) is 0 Å². The monoisotopic (exact) mass is 290 g/mol. The number of nitrogens with zero attached hydrogens (tertiary/aromatic N) is 4. The first kappa shape index (κ1) is 13.1. The molecule has 1 atom stereocenters. The molecule has 1 aliphatic rings. The van der Waals surface area contributed by atoms with Crippen molar-refractivity contribution in [1.29, 1.82) is 0 Å². The molecule has 0 N–H and O–H groups in total. The molecule has 20 heavy (non-hydrogen) atoms. The number of ether oxygens (including phenoxy) is 1. The number of carbonyl (C=O) groups is 1. The van der Waals surface area contributed by atoms with Gasteiger partial charge in [0.15, 0.2) is 5.01 Å². The lowest BCUT2D eigenvalue weighted by atomic mass is 10.1. The molecule has 1 fully saturated rings. The van der Waals surface area contributed by atoms with Crippen LogP contribution in [0.2, 0.25) is 0 Å². The summed E-state index contributed by atoms with van der Waals surface area (Å²) >= 11 is 1.38. The summed E-state index contributed by atoms with van der Waals surface area (Å²) in [5.74, 6) is -0.0258. The van der Waals surface area contributed by atoms with Crippen molar-refractivity contribution in [1.82, 2.24) is 15.2 Å². The van der Waals surface area contributed by atoms with Crippen LogP contribution in [-0.4, -0.2) is 41.3 Å². The van der Waals surface area contributed by atoms with Gasteiger partial charge in [0.05, 0.1) is 12.5 Å². The molecule has 1 amide bonds. The number of anilines is 1. The predicted molar refractivity (Wildman–Crippen MR) is 75.5 cm³/mol. The van der Waals surface area contributed by atoms with E-state index in [1.165, 1.54) is 11.3 Å². The van der Waals surface area contributed by atoms with Crippen LogP contribution in [0.5, 0.6) is 0 Å². The fourth-order valence-electron chi connectivity index (χ4n) is 2.05. The van der Waals surface area contributed by atoms with E-state index in [0.29, 0.717) is 18.3 Å². The standard InChI is InChI=1S/C13H14N4O2S/c1-17(12(18)10-4-6-19-8-10)13-16-15-11(20-13)9-3-2-5-14-7-9/h2-3,5,7,10H,4,6,8H2,1H3/t10-/m1/s1. The van der Waals surface area contributed by atoms with E-state index in [2.05, 4.69) is 15.2 Å². The molecule has 0 aliphatic carbocycles. The number of hydrogen-bond donors (Lipinski definition) is 0. The third kappa shape index (κ3) is 2.54. The normalized spacial score (nSPS) is 18.1. The van der Waals surface area contributed by atoms with E-state index in [0.717, 1.165) is 17.0 Å². The smallest absolute Gasteiger partial charge is 0.234 e. The van der Waals surface area contributed by atoms with Crippen LogP contribution in [0.4, 0.5) is 5.13 Å². The molecule has 0 bridgehead atoms. The van der Waals surface area contributed by atoms with Crippen LogP contribution in [0, 0.1) is 5.92 Å². The highest BCUT2D eigenvalue weighted by Gasteiger charge is 2.28. The predicted octanol–water partition coefficient (Wildman–Crippen LogP) is 1.60. The molecule has 0 unspecified atom stereocenters. The lowest BCUT2D eigenvalue weighted by molar-refractivity contribution is -0.122. The number of amides is 1. The summed E-state index contributed by atoms with van der Waals surface area (Å²) in [6.07, 6.45) is 4.22. The Bertz CT molecular complexity index is 595. The molecule has 3 rings (SSSR count). The molecule has 2 aromatic heterocycles. The molecule has 104 valence electrons. The average Bonchev–Trinajstić information content (AvgIpc) is 3.18. The van der Waals surface area contributed by atoms with E-state index in [-0.39, 0.29) is 11.8 Å². The third-order valence-electron chi connectivity index (χ3n) is 3.22. The van der Waals surface area contributed by atoms with Crippen LogP contribution in [0.3, 0.4) is 0 Å². The molecule has 0 saturated carbocycles. The van der Waals surface area contributed by atoms with E-state index in [4.69, 9.17) is 4.74 Å². The molecule has 3 heterocycles. The summed E-state index contributed by atoms with van der Waals surface area (Å²) in [6.45, 7) is 1.15. The van der Waals surface area contributed by atoms with Gasteiger partial charge in [0.2, 0.25) is 11.0 Å². The quantitative estimate of drug-likeness (QED) is 0.859. The fourth-order valence-corrected chi connectivity index (χ4v) is 2.86. The lowest BCUT2D eigenvalue weighted by Gasteiger charge is -2.16. The molecule has 0 aromatic carbocycles. The first-order chi connectivity index (χ1) is 9.75. The SMILES string of the molecule is CN(C(=O)[C@@H]1CCOC1)c1nnc(-c2cccnc2)s1. The van der Waals surface area contributed by atoms with Gasteiger partial charge in [0, 0.05) is 31.6 Å². The lowest BCUT2D eigenvalue weighted by Crippen LogP contribution is -2.33. The van der Waals surface area contributed by atoms with Gasteiger partial charge >= 0.3 is 0 Å². The largest absolute Gasteiger partial charge is 0.381 e. The van der Waals surface area contributed by atoms with Gasteiger partial charge in [-0.25, -0.2) is 0 Å². The Hall–Kier alpha value is -1.86. The van der Waals surface area contributed by atoms with Gasteiger partial charge in [-0.2, -0.15) is 0 Å². The van der Waals surface area contributed by atoms with Crippen molar-refractivity contribution in [3.05, 3.63) is 24.5 Å². The minimum absolute atomic E-state index is 0.0383. The number of rotatable bonds is 3. The van der Waals surface area contributed by atoms with Crippen molar-refractivity contribution < 1.29 is 9.53 Å². The number of hydrogen-bond acceptors (Lipinski definition) is 6. The summed E-state index contributed by atoms with van der Waals surface area (Å²) in [6, 6.07) is 3.77. The Labute approximate surface area is 120 Å². The minimum atomic E-state index is -0.0641. The third-order valence-corrected chi connectivity index (χ3v) is 4.27. The number of pyridine rings is 1. The summed E-state index contributed by atoms with van der Waals surface area (Å²) in [5, 5.41) is 9.57. The molecule has 1 aliphatic heterocycles. The van der Waals surface area contributed by atoms with Crippen LogP contribution in [-0.2, 0) is 9.53 Å². The Morgan fingerprint density at radius 1 is 1.50 bits per heavy atom.